The van der Waals surface area contributed by atoms with E-state index in [1.807, 2.05) is 48.5 Å². The highest BCUT2D eigenvalue weighted by Crippen LogP contribution is 2.40. The Labute approximate surface area is 252 Å². The molecule has 4 atom stereocenters. The van der Waals surface area contributed by atoms with Crippen LogP contribution in [-0.2, 0) is 0 Å². The van der Waals surface area contributed by atoms with Crippen LogP contribution in [0.3, 0.4) is 0 Å². The van der Waals surface area contributed by atoms with Gasteiger partial charge in [0.2, 0.25) is 5.28 Å². The Bertz CT molecular complexity index is 1730. The zero-order valence-corrected chi connectivity index (χ0v) is 24.3. The second-order valence-electron chi connectivity index (χ2n) is 10.4. The van der Waals surface area contributed by atoms with Gasteiger partial charge < -0.3 is 34.1 Å². The Balaban J connectivity index is 1.31. The third kappa shape index (κ3) is 5.54. The number of nitrogens with one attached hydrogen (secondary N) is 1. The molecule has 0 aliphatic heterocycles. The predicted octanol–water partition coefficient (Wildman–Crippen LogP) is 3.81. The van der Waals surface area contributed by atoms with Gasteiger partial charge in [-0.3, -0.25) is 4.79 Å². The summed E-state index contributed by atoms with van der Waals surface area (Å²) in [4.78, 5) is 25.9. The number of hydrogen-bond acceptors (Lipinski definition) is 9. The number of halogens is 1. The molecule has 0 unspecified atom stereocenters. The summed E-state index contributed by atoms with van der Waals surface area (Å²) in [5.74, 6) is 1.89. The number of nitrogens with zero attached hydrogens (tertiary/aromatic N) is 5. The summed E-state index contributed by atoms with van der Waals surface area (Å²) in [7, 11) is 3.27. The second kappa shape index (κ2) is 12.0. The molecule has 1 aliphatic rings. The number of fused-ring (bicyclic) bond motifs is 1. The Morgan fingerprint density at radius 1 is 0.907 bits per heavy atom. The molecule has 0 radical (unpaired) electrons. The minimum atomic E-state index is -1.16. The van der Waals surface area contributed by atoms with Gasteiger partial charge >= 0.3 is 0 Å². The van der Waals surface area contributed by atoms with Gasteiger partial charge in [0.05, 0.1) is 32.6 Å². The molecule has 0 saturated heterocycles. The number of hydrogen-bond donors (Lipinski definition) is 3. The van der Waals surface area contributed by atoms with Crippen molar-refractivity contribution >= 4 is 28.6 Å². The number of aromatic nitrogens is 5. The van der Waals surface area contributed by atoms with Gasteiger partial charge in [0, 0.05) is 24.7 Å². The normalized spacial score (nSPS) is 20.0. The van der Waals surface area contributed by atoms with Gasteiger partial charge in [-0.25, -0.2) is 4.98 Å². The van der Waals surface area contributed by atoms with E-state index in [4.69, 9.17) is 21.1 Å². The molecule has 3 N–H and O–H groups in total. The van der Waals surface area contributed by atoms with E-state index in [0.29, 0.717) is 29.9 Å². The second-order valence-corrected chi connectivity index (χ2v) is 10.8. The fourth-order valence-corrected chi connectivity index (χ4v) is 5.97. The SMILES string of the molecule is COc1ccc(C(CNc2nc(Cl)nc3c2ncn3[C@@H]2C[C@H](n3ccccc3=O)[C@@H](O)[C@H]2O)c2ccc(OC)cc2)cc1. The molecule has 0 bridgehead atoms. The maximum absolute atomic E-state index is 12.4. The summed E-state index contributed by atoms with van der Waals surface area (Å²) in [6, 6.07) is 19.3. The minimum absolute atomic E-state index is 0.00561. The average Bonchev–Trinajstić information content (AvgIpc) is 3.58. The van der Waals surface area contributed by atoms with Gasteiger partial charge in [0.15, 0.2) is 17.0 Å². The van der Waals surface area contributed by atoms with E-state index in [-0.39, 0.29) is 16.8 Å². The molecule has 222 valence electrons. The van der Waals surface area contributed by atoms with Gasteiger partial charge in [0.1, 0.15) is 23.7 Å². The van der Waals surface area contributed by atoms with E-state index in [2.05, 4.69) is 20.3 Å². The number of methoxy groups -OCH3 is 2. The highest BCUT2D eigenvalue weighted by Gasteiger charge is 2.44. The molecule has 0 spiro atoms. The van der Waals surface area contributed by atoms with Crippen molar-refractivity contribution < 1.29 is 19.7 Å². The minimum Gasteiger partial charge on any atom is -0.497 e. The van der Waals surface area contributed by atoms with Crippen molar-refractivity contribution in [1.29, 1.82) is 0 Å². The molecule has 1 saturated carbocycles. The molecule has 5 aromatic rings. The zero-order valence-electron chi connectivity index (χ0n) is 23.5. The standard InChI is InChI=1S/C31H31ClN6O5/c1-42-20-10-6-18(7-11-20)22(19-8-12-21(43-2)13-9-19)16-33-29-26-30(36-31(32)35-29)38(17-34-26)24-15-23(27(40)28(24)41)37-14-4-3-5-25(37)39/h3-14,17,22-24,27-28,40-41H,15-16H2,1-2H3,(H,33,35,36)/t23-,24+,27+,28-/m0/s1. The van der Waals surface area contributed by atoms with Crippen LogP contribution >= 0.6 is 11.6 Å². The van der Waals surface area contributed by atoms with Crippen molar-refractivity contribution in [3.05, 3.63) is 106 Å². The van der Waals surface area contributed by atoms with E-state index in [1.165, 1.54) is 10.6 Å². The number of aliphatic hydroxyl groups excluding tert-OH is 2. The number of benzene rings is 2. The molecule has 6 rings (SSSR count). The van der Waals surface area contributed by atoms with Crippen LogP contribution in [0.15, 0.2) is 84.0 Å². The summed E-state index contributed by atoms with van der Waals surface area (Å²) >= 11 is 6.40. The molecule has 3 heterocycles. The average molecular weight is 603 g/mol. The van der Waals surface area contributed by atoms with E-state index in [9.17, 15) is 15.0 Å². The third-order valence-electron chi connectivity index (χ3n) is 8.09. The summed E-state index contributed by atoms with van der Waals surface area (Å²) in [6.45, 7) is 0.456. The Kier molecular flexibility index (Phi) is 8.02. The number of pyridine rings is 1. The van der Waals surface area contributed by atoms with Gasteiger partial charge in [-0.2, -0.15) is 9.97 Å². The molecule has 43 heavy (non-hydrogen) atoms. The van der Waals surface area contributed by atoms with E-state index in [1.54, 1.807) is 43.4 Å². The lowest BCUT2D eigenvalue weighted by Crippen LogP contribution is -2.33. The lowest BCUT2D eigenvalue weighted by molar-refractivity contribution is 0.00851. The van der Waals surface area contributed by atoms with Crippen molar-refractivity contribution in [2.75, 3.05) is 26.1 Å². The van der Waals surface area contributed by atoms with Crippen LogP contribution in [0.4, 0.5) is 5.82 Å². The molecule has 11 nitrogen and oxygen atoms in total. The van der Waals surface area contributed by atoms with Crippen LogP contribution in [0, 0.1) is 0 Å². The number of aliphatic hydroxyl groups is 2. The monoisotopic (exact) mass is 602 g/mol. The molecular weight excluding hydrogens is 572 g/mol. The highest BCUT2D eigenvalue weighted by atomic mass is 35.5. The lowest BCUT2D eigenvalue weighted by Gasteiger charge is -2.20. The van der Waals surface area contributed by atoms with Crippen molar-refractivity contribution in [2.45, 2.75) is 36.6 Å². The topological polar surface area (TPSA) is 137 Å². The van der Waals surface area contributed by atoms with Crippen LogP contribution in [-0.4, -0.2) is 67.3 Å². The third-order valence-corrected chi connectivity index (χ3v) is 8.26. The summed E-state index contributed by atoms with van der Waals surface area (Å²) in [5, 5.41) is 25.3. The molecule has 0 amide bonds. The van der Waals surface area contributed by atoms with E-state index >= 15 is 0 Å². The molecule has 1 fully saturated rings. The van der Waals surface area contributed by atoms with Gasteiger partial charge in [-0.1, -0.05) is 30.3 Å². The first-order valence-corrected chi connectivity index (χ1v) is 14.2. The van der Waals surface area contributed by atoms with Gasteiger partial charge in [0.25, 0.3) is 5.56 Å². The van der Waals surface area contributed by atoms with Crippen LogP contribution < -0.4 is 20.3 Å². The Hall–Kier alpha value is -4.45. The first-order chi connectivity index (χ1) is 20.9. The highest BCUT2D eigenvalue weighted by molar-refractivity contribution is 6.28. The fraction of sp³-hybridized carbons (Fsp3) is 0.290. The van der Waals surface area contributed by atoms with Crippen LogP contribution in [0.25, 0.3) is 11.2 Å². The Morgan fingerprint density at radius 3 is 2.09 bits per heavy atom. The number of imidazole rings is 1. The Morgan fingerprint density at radius 2 is 1.51 bits per heavy atom. The van der Waals surface area contributed by atoms with E-state index < -0.39 is 24.3 Å². The number of rotatable bonds is 9. The largest absolute Gasteiger partial charge is 0.497 e. The first-order valence-electron chi connectivity index (χ1n) is 13.8. The van der Waals surface area contributed by atoms with Crippen molar-refractivity contribution in [2.24, 2.45) is 0 Å². The van der Waals surface area contributed by atoms with Crippen molar-refractivity contribution in [3.63, 3.8) is 0 Å². The summed E-state index contributed by atoms with van der Waals surface area (Å²) in [5.41, 5.74) is 2.74. The van der Waals surface area contributed by atoms with Crippen molar-refractivity contribution in [3.8, 4) is 11.5 Å². The van der Waals surface area contributed by atoms with E-state index in [0.717, 1.165) is 22.6 Å². The number of anilines is 1. The van der Waals surface area contributed by atoms with Gasteiger partial charge in [-0.05, 0) is 59.5 Å². The molecule has 12 heteroatoms. The van der Waals surface area contributed by atoms with Crippen LogP contribution in [0.5, 0.6) is 11.5 Å². The molecule has 3 aromatic heterocycles. The summed E-state index contributed by atoms with van der Waals surface area (Å²) in [6.07, 6.45) is 1.14. The van der Waals surface area contributed by atoms with Crippen molar-refractivity contribution in [1.82, 2.24) is 24.1 Å². The van der Waals surface area contributed by atoms with Crippen LogP contribution in [0.1, 0.15) is 35.5 Å². The first kappa shape index (κ1) is 28.7. The fourth-order valence-electron chi connectivity index (χ4n) is 5.81. The maximum Gasteiger partial charge on any atom is 0.250 e. The molecular formula is C31H31ClN6O5. The maximum atomic E-state index is 12.4. The predicted molar refractivity (Wildman–Crippen MR) is 162 cm³/mol. The molecule has 2 aromatic carbocycles. The quantitative estimate of drug-likeness (QED) is 0.215. The lowest BCUT2D eigenvalue weighted by atomic mass is 9.91. The zero-order chi connectivity index (χ0) is 30.1. The number of ether oxygens (including phenoxy) is 2. The smallest absolute Gasteiger partial charge is 0.250 e. The molecule has 1 aliphatic carbocycles. The van der Waals surface area contributed by atoms with Gasteiger partial charge in [-0.15, -0.1) is 0 Å². The van der Waals surface area contributed by atoms with Crippen LogP contribution in [0.2, 0.25) is 5.28 Å². The summed E-state index contributed by atoms with van der Waals surface area (Å²) < 4.78 is 13.8.